The van der Waals surface area contributed by atoms with Crippen molar-refractivity contribution in [3.8, 4) is 0 Å². The molecule has 0 aliphatic heterocycles. The normalized spacial score (nSPS) is 11.7. The summed E-state index contributed by atoms with van der Waals surface area (Å²) in [5, 5.41) is 7.01. The van der Waals surface area contributed by atoms with Gasteiger partial charge in [0.25, 0.3) is 0 Å². The molecule has 0 aliphatic rings. The van der Waals surface area contributed by atoms with Crippen LogP contribution in [0.15, 0.2) is 27.8 Å². The molecule has 0 amide bonds. The van der Waals surface area contributed by atoms with Gasteiger partial charge in [-0.2, -0.15) is 0 Å². The minimum atomic E-state index is -0.535. The van der Waals surface area contributed by atoms with Gasteiger partial charge in [-0.25, -0.2) is 19.5 Å². The average Bonchev–Trinajstić information content (AvgIpc) is 2.85. The summed E-state index contributed by atoms with van der Waals surface area (Å²) >= 11 is 5.69. The van der Waals surface area contributed by atoms with Crippen molar-refractivity contribution in [3.63, 3.8) is 0 Å². The number of amidine groups is 1. The summed E-state index contributed by atoms with van der Waals surface area (Å²) in [6, 6.07) is 4.00. The third kappa shape index (κ3) is 3.22. The molecule has 3 N–H and O–H groups in total. The first-order valence-corrected chi connectivity index (χ1v) is 5.99. The van der Waals surface area contributed by atoms with E-state index in [1.807, 2.05) is 0 Å². The quantitative estimate of drug-likeness (QED) is 0.509. The van der Waals surface area contributed by atoms with Crippen molar-refractivity contribution < 1.29 is 13.9 Å². The highest BCUT2D eigenvalue weighted by molar-refractivity contribution is 6.31. The average molecular weight is 300 g/mol. The predicted molar refractivity (Wildman–Crippen MR) is 71.1 cm³/mol. The highest BCUT2D eigenvalue weighted by Crippen LogP contribution is 2.22. The Balaban J connectivity index is 2.37. The molecule has 106 valence electrons. The predicted octanol–water partition coefficient (Wildman–Crippen LogP) is 2.06. The maximum absolute atomic E-state index is 13.1. The third-order valence-corrected chi connectivity index (χ3v) is 2.49. The zero-order chi connectivity index (χ0) is 14.5. The Kier molecular flexibility index (Phi) is 4.49. The van der Waals surface area contributed by atoms with E-state index in [-0.39, 0.29) is 22.4 Å². The second-order valence-corrected chi connectivity index (χ2v) is 4.00. The number of nitrogens with two attached hydrogens (primary N) is 1. The van der Waals surface area contributed by atoms with Gasteiger partial charge in [0.15, 0.2) is 17.3 Å². The van der Waals surface area contributed by atoms with Crippen molar-refractivity contribution in [2.24, 2.45) is 4.99 Å². The fourth-order valence-electron chi connectivity index (χ4n) is 1.31. The van der Waals surface area contributed by atoms with Gasteiger partial charge in [-0.3, -0.25) is 4.84 Å². The first-order chi connectivity index (χ1) is 9.61. The zero-order valence-corrected chi connectivity index (χ0v) is 11.2. The van der Waals surface area contributed by atoms with Crippen LogP contribution >= 0.6 is 11.6 Å². The zero-order valence-electron chi connectivity index (χ0n) is 10.4. The number of benzene rings is 1. The number of hydrogen-bond donors (Lipinski definition) is 2. The van der Waals surface area contributed by atoms with Crippen molar-refractivity contribution >= 4 is 28.9 Å². The summed E-state index contributed by atoms with van der Waals surface area (Å²) in [7, 11) is 0. The van der Waals surface area contributed by atoms with Crippen LogP contribution in [0.1, 0.15) is 12.6 Å². The molecule has 2 aromatic rings. The molecule has 0 spiro atoms. The van der Waals surface area contributed by atoms with Crippen molar-refractivity contribution in [3.05, 3.63) is 34.7 Å². The lowest BCUT2D eigenvalue weighted by Gasteiger charge is -2.06. The van der Waals surface area contributed by atoms with Gasteiger partial charge in [-0.15, -0.1) is 0 Å². The van der Waals surface area contributed by atoms with E-state index in [1.54, 1.807) is 6.92 Å². The SMILES string of the molecule is CCONC(=Nc1ccc(F)c(Cl)c1)c1nonc1N. The number of nitrogens with zero attached hydrogens (tertiary/aromatic N) is 3. The lowest BCUT2D eigenvalue weighted by Crippen LogP contribution is -2.25. The number of rotatable bonds is 4. The van der Waals surface area contributed by atoms with Crippen LogP contribution in [-0.2, 0) is 4.84 Å². The fraction of sp³-hybridized carbons (Fsp3) is 0.182. The second kappa shape index (κ2) is 6.31. The standard InChI is InChI=1S/C11H11ClFN5O2/c1-2-19-18-11(9-10(14)17-20-16-9)15-6-3-4-8(13)7(12)5-6/h3-5H,2H2,1H3,(H2,14,17)(H,15,18). The van der Waals surface area contributed by atoms with Gasteiger partial charge >= 0.3 is 0 Å². The Hall–Kier alpha value is -2.19. The van der Waals surface area contributed by atoms with Gasteiger partial charge in [0, 0.05) is 0 Å². The van der Waals surface area contributed by atoms with E-state index in [4.69, 9.17) is 22.2 Å². The monoisotopic (exact) mass is 299 g/mol. The second-order valence-electron chi connectivity index (χ2n) is 3.59. The Morgan fingerprint density at radius 3 is 2.95 bits per heavy atom. The molecular weight excluding hydrogens is 289 g/mol. The summed E-state index contributed by atoms with van der Waals surface area (Å²) in [6.07, 6.45) is 0. The number of nitrogen functional groups attached to an aromatic ring is 1. The van der Waals surface area contributed by atoms with Crippen LogP contribution in [0.4, 0.5) is 15.9 Å². The number of aromatic nitrogens is 2. The van der Waals surface area contributed by atoms with Gasteiger partial charge in [0.1, 0.15) is 5.82 Å². The van der Waals surface area contributed by atoms with Crippen molar-refractivity contribution in [2.45, 2.75) is 6.92 Å². The molecule has 2 rings (SSSR count). The fourth-order valence-corrected chi connectivity index (χ4v) is 1.48. The number of hydrogen-bond acceptors (Lipinski definition) is 6. The third-order valence-electron chi connectivity index (χ3n) is 2.20. The minimum Gasteiger partial charge on any atom is -0.379 e. The van der Waals surface area contributed by atoms with E-state index >= 15 is 0 Å². The number of nitrogens with one attached hydrogen (secondary N) is 1. The van der Waals surface area contributed by atoms with Crippen LogP contribution in [0.2, 0.25) is 5.02 Å². The van der Waals surface area contributed by atoms with Crippen LogP contribution < -0.4 is 11.2 Å². The summed E-state index contributed by atoms with van der Waals surface area (Å²) < 4.78 is 17.6. The molecule has 0 saturated carbocycles. The Labute approximate surface area is 118 Å². The van der Waals surface area contributed by atoms with Gasteiger partial charge in [-0.05, 0) is 35.4 Å². The Bertz CT molecular complexity index is 631. The summed E-state index contributed by atoms with van der Waals surface area (Å²) in [5.41, 5.74) is 8.73. The highest BCUT2D eigenvalue weighted by Gasteiger charge is 2.14. The van der Waals surface area contributed by atoms with E-state index < -0.39 is 5.82 Å². The Morgan fingerprint density at radius 1 is 1.55 bits per heavy atom. The van der Waals surface area contributed by atoms with Crippen LogP contribution in [0.3, 0.4) is 0 Å². The minimum absolute atomic E-state index is 0.0455. The molecule has 0 fully saturated rings. The smallest absolute Gasteiger partial charge is 0.199 e. The molecule has 0 unspecified atom stereocenters. The number of aliphatic imine (C=N–C) groups is 1. The van der Waals surface area contributed by atoms with E-state index in [2.05, 4.69) is 25.4 Å². The van der Waals surface area contributed by atoms with Gasteiger partial charge < -0.3 is 5.73 Å². The molecule has 0 saturated heterocycles. The maximum atomic E-state index is 13.1. The van der Waals surface area contributed by atoms with Crippen LogP contribution in [0.5, 0.6) is 0 Å². The van der Waals surface area contributed by atoms with Crippen molar-refractivity contribution in [1.82, 2.24) is 15.8 Å². The van der Waals surface area contributed by atoms with Crippen molar-refractivity contribution in [2.75, 3.05) is 12.3 Å². The molecule has 0 bridgehead atoms. The van der Waals surface area contributed by atoms with Crippen molar-refractivity contribution in [1.29, 1.82) is 0 Å². The molecular formula is C11H11ClFN5O2. The topological polar surface area (TPSA) is 98.6 Å². The molecule has 1 aromatic carbocycles. The molecule has 9 heteroatoms. The van der Waals surface area contributed by atoms with E-state index in [0.29, 0.717) is 12.3 Å². The van der Waals surface area contributed by atoms with E-state index in [9.17, 15) is 4.39 Å². The molecule has 7 nitrogen and oxygen atoms in total. The van der Waals surface area contributed by atoms with Gasteiger partial charge in [-0.1, -0.05) is 11.6 Å². The summed E-state index contributed by atoms with van der Waals surface area (Å²) in [6.45, 7) is 2.16. The van der Waals surface area contributed by atoms with E-state index in [1.165, 1.54) is 18.2 Å². The number of halogens is 2. The van der Waals surface area contributed by atoms with Gasteiger partial charge in [0.05, 0.1) is 17.3 Å². The maximum Gasteiger partial charge on any atom is 0.199 e. The summed E-state index contributed by atoms with van der Waals surface area (Å²) in [5.74, 6) is -0.315. The van der Waals surface area contributed by atoms with E-state index in [0.717, 1.165) is 0 Å². The molecule has 0 atom stereocenters. The first-order valence-electron chi connectivity index (χ1n) is 5.61. The molecule has 1 heterocycles. The summed E-state index contributed by atoms with van der Waals surface area (Å²) in [4.78, 5) is 9.24. The number of hydroxylamine groups is 1. The largest absolute Gasteiger partial charge is 0.379 e. The molecule has 0 aliphatic carbocycles. The first kappa shape index (κ1) is 14.2. The Morgan fingerprint density at radius 2 is 2.35 bits per heavy atom. The number of anilines is 1. The molecule has 20 heavy (non-hydrogen) atoms. The van der Waals surface area contributed by atoms with Crippen LogP contribution in [0.25, 0.3) is 0 Å². The van der Waals surface area contributed by atoms with Crippen LogP contribution in [0, 0.1) is 5.82 Å². The van der Waals surface area contributed by atoms with Gasteiger partial charge in [0.2, 0.25) is 0 Å². The lowest BCUT2D eigenvalue weighted by atomic mass is 10.3. The lowest BCUT2D eigenvalue weighted by molar-refractivity contribution is 0.0970. The molecule has 0 radical (unpaired) electrons. The van der Waals surface area contributed by atoms with Crippen LogP contribution in [-0.4, -0.2) is 22.8 Å². The highest BCUT2D eigenvalue weighted by atomic mass is 35.5. The molecule has 1 aromatic heterocycles.